The number of aromatic nitrogens is 2. The summed E-state index contributed by atoms with van der Waals surface area (Å²) >= 11 is 1.62. The van der Waals surface area contributed by atoms with Gasteiger partial charge in [-0.15, -0.1) is 12.4 Å². The minimum atomic E-state index is -0.375. The maximum atomic E-state index is 9.45. The first-order chi connectivity index (χ1) is 10.8. The molecule has 0 amide bonds. The predicted octanol–water partition coefficient (Wildman–Crippen LogP) is 2.01. The van der Waals surface area contributed by atoms with Gasteiger partial charge < -0.3 is 15.7 Å². The molecule has 1 aromatic heterocycles. The van der Waals surface area contributed by atoms with Gasteiger partial charge in [0.2, 0.25) is 0 Å². The van der Waals surface area contributed by atoms with Crippen LogP contribution in [0.4, 0.5) is 11.5 Å². The van der Waals surface area contributed by atoms with Crippen LogP contribution in [0.1, 0.15) is 5.56 Å². The van der Waals surface area contributed by atoms with Crippen molar-refractivity contribution in [2.75, 3.05) is 18.4 Å². The number of fused-ring (bicyclic) bond motifs is 2. The van der Waals surface area contributed by atoms with Crippen LogP contribution in [0.2, 0.25) is 0 Å². The number of hydrogen-bond donors (Lipinski definition) is 3. The molecule has 0 aliphatic carbocycles. The zero-order valence-corrected chi connectivity index (χ0v) is 13.8. The number of halogens is 1. The lowest BCUT2D eigenvalue weighted by molar-refractivity contribution is 0.181. The minimum absolute atomic E-state index is 0. The van der Waals surface area contributed by atoms with Gasteiger partial charge in [0.15, 0.2) is 5.82 Å². The Kier molecular flexibility index (Phi) is 4.70. The highest BCUT2D eigenvalue weighted by atomic mass is 35.5. The number of nitrogens with one attached hydrogen (secondary N) is 2. The van der Waals surface area contributed by atoms with E-state index in [4.69, 9.17) is 0 Å². The Hall–Kier alpha value is -1.83. The third-order valence-electron chi connectivity index (χ3n) is 3.57. The van der Waals surface area contributed by atoms with Gasteiger partial charge in [0, 0.05) is 30.3 Å². The lowest BCUT2D eigenvalue weighted by atomic mass is 10.1. The Morgan fingerprint density at radius 3 is 2.96 bits per heavy atom. The highest BCUT2D eigenvalue weighted by molar-refractivity contribution is 7.99. The molecule has 1 atom stereocenters. The molecule has 8 heteroatoms. The summed E-state index contributed by atoms with van der Waals surface area (Å²) in [6.07, 6.45) is 3.75. The van der Waals surface area contributed by atoms with E-state index < -0.39 is 0 Å². The van der Waals surface area contributed by atoms with Crippen molar-refractivity contribution in [1.82, 2.24) is 15.3 Å². The lowest BCUT2D eigenvalue weighted by Crippen LogP contribution is -2.39. The van der Waals surface area contributed by atoms with E-state index in [1.165, 1.54) is 5.56 Å². The van der Waals surface area contributed by atoms with Crippen LogP contribution in [0.3, 0.4) is 0 Å². The Labute approximate surface area is 144 Å². The molecule has 120 valence electrons. The molecule has 3 heterocycles. The molecule has 0 saturated heterocycles. The van der Waals surface area contributed by atoms with Gasteiger partial charge in [-0.3, -0.25) is 4.99 Å². The molecule has 1 aromatic carbocycles. The fourth-order valence-electron chi connectivity index (χ4n) is 2.47. The quantitative estimate of drug-likeness (QED) is 0.656. The summed E-state index contributed by atoms with van der Waals surface area (Å²) in [5, 5.41) is 16.8. The molecule has 2 aliphatic rings. The van der Waals surface area contributed by atoms with E-state index in [-0.39, 0.29) is 18.5 Å². The van der Waals surface area contributed by atoms with Gasteiger partial charge in [0.25, 0.3) is 0 Å². The third-order valence-corrected chi connectivity index (χ3v) is 4.64. The molecular weight excluding hydrogens is 334 g/mol. The number of anilines is 2. The average Bonchev–Trinajstić information content (AvgIpc) is 2.55. The fraction of sp³-hybridized carbons (Fsp3) is 0.267. The van der Waals surface area contributed by atoms with Gasteiger partial charge in [0.05, 0.1) is 18.3 Å². The Morgan fingerprint density at radius 2 is 2.13 bits per heavy atom. The van der Waals surface area contributed by atoms with Crippen LogP contribution in [-0.4, -0.2) is 40.1 Å². The van der Waals surface area contributed by atoms with Crippen LogP contribution in [0.25, 0.3) is 0 Å². The largest absolute Gasteiger partial charge is 0.389 e. The van der Waals surface area contributed by atoms with Crippen molar-refractivity contribution in [2.24, 2.45) is 4.99 Å². The van der Waals surface area contributed by atoms with Gasteiger partial charge in [-0.1, -0.05) is 17.8 Å². The van der Waals surface area contributed by atoms with Gasteiger partial charge in [-0.05, 0) is 17.7 Å². The van der Waals surface area contributed by atoms with Gasteiger partial charge >= 0.3 is 0 Å². The highest BCUT2D eigenvalue weighted by Gasteiger charge is 2.18. The summed E-state index contributed by atoms with van der Waals surface area (Å²) in [7, 11) is 0. The number of amidine groups is 1. The number of aliphatic hydroxyl groups excluding tert-OH is 1. The summed E-state index contributed by atoms with van der Waals surface area (Å²) in [6.45, 7) is 1.05. The van der Waals surface area contributed by atoms with Crippen LogP contribution < -0.4 is 10.6 Å². The molecule has 2 aliphatic heterocycles. The summed E-state index contributed by atoms with van der Waals surface area (Å²) < 4.78 is 0. The minimum Gasteiger partial charge on any atom is -0.389 e. The van der Waals surface area contributed by atoms with Crippen molar-refractivity contribution in [3.05, 3.63) is 36.2 Å². The SMILES string of the molecule is Cl.OC1CN=C(Cc2ccc3c(c2)Nc2nccnc2S3)NC1. The summed E-state index contributed by atoms with van der Waals surface area (Å²) in [5.41, 5.74) is 2.22. The Bertz CT molecular complexity index is 754. The number of rotatable bonds is 2. The maximum absolute atomic E-state index is 9.45. The van der Waals surface area contributed by atoms with E-state index in [9.17, 15) is 5.11 Å². The van der Waals surface area contributed by atoms with Crippen LogP contribution in [0.5, 0.6) is 0 Å². The monoisotopic (exact) mass is 349 g/mol. The van der Waals surface area contributed by atoms with E-state index >= 15 is 0 Å². The number of aliphatic imine (C=N–C) groups is 1. The van der Waals surface area contributed by atoms with E-state index in [2.05, 4.69) is 43.8 Å². The molecule has 3 N–H and O–H groups in total. The lowest BCUT2D eigenvalue weighted by Gasteiger charge is -2.21. The number of β-amino-alcohol motifs (C(OH)–C–C–N with tert-alkyl or cyclic N) is 1. The van der Waals surface area contributed by atoms with Crippen molar-refractivity contribution in [2.45, 2.75) is 22.4 Å². The second kappa shape index (κ2) is 6.74. The molecule has 0 fully saturated rings. The second-order valence-electron chi connectivity index (χ2n) is 5.27. The van der Waals surface area contributed by atoms with Crippen molar-refractivity contribution in [3.8, 4) is 0 Å². The molecule has 1 unspecified atom stereocenters. The fourth-order valence-corrected chi connectivity index (χ4v) is 3.35. The van der Waals surface area contributed by atoms with Crippen LogP contribution in [0, 0.1) is 0 Å². The molecule has 0 bridgehead atoms. The van der Waals surface area contributed by atoms with E-state index in [1.54, 1.807) is 24.2 Å². The Balaban J connectivity index is 0.00000156. The molecule has 2 aromatic rings. The van der Waals surface area contributed by atoms with Crippen molar-refractivity contribution in [1.29, 1.82) is 0 Å². The average molecular weight is 350 g/mol. The van der Waals surface area contributed by atoms with E-state index in [0.29, 0.717) is 13.1 Å². The van der Waals surface area contributed by atoms with E-state index in [1.807, 2.05) is 0 Å². The zero-order chi connectivity index (χ0) is 14.9. The molecule has 6 nitrogen and oxygen atoms in total. The summed E-state index contributed by atoms with van der Waals surface area (Å²) in [4.78, 5) is 14.1. The second-order valence-corrected chi connectivity index (χ2v) is 6.30. The first kappa shape index (κ1) is 16.0. The molecule has 0 radical (unpaired) electrons. The number of benzene rings is 1. The predicted molar refractivity (Wildman–Crippen MR) is 93.1 cm³/mol. The van der Waals surface area contributed by atoms with Gasteiger partial charge in [-0.2, -0.15) is 0 Å². The third kappa shape index (κ3) is 3.41. The standard InChI is InChI=1S/C15H15N5OS.ClH/c21-10-7-18-13(19-8-10)6-9-1-2-12-11(5-9)20-14-15(22-12)17-4-3-16-14;/h1-5,10,21H,6-8H2,(H,16,20)(H,18,19);1H. The van der Waals surface area contributed by atoms with Gasteiger partial charge in [-0.25, -0.2) is 9.97 Å². The molecule has 0 saturated carbocycles. The van der Waals surface area contributed by atoms with Crippen LogP contribution in [0.15, 0.2) is 45.5 Å². The number of nitrogens with zero attached hydrogens (tertiary/aromatic N) is 3. The smallest absolute Gasteiger partial charge is 0.163 e. The molecule has 0 spiro atoms. The molecular formula is C15H16ClN5OS. The first-order valence-corrected chi connectivity index (χ1v) is 7.93. The molecule has 4 rings (SSSR count). The van der Waals surface area contributed by atoms with Crippen LogP contribution in [-0.2, 0) is 6.42 Å². The highest BCUT2D eigenvalue weighted by Crippen LogP contribution is 2.41. The number of aliphatic hydroxyl groups is 1. The summed E-state index contributed by atoms with van der Waals surface area (Å²) in [5.74, 6) is 1.72. The summed E-state index contributed by atoms with van der Waals surface area (Å²) in [6, 6.07) is 6.32. The maximum Gasteiger partial charge on any atom is 0.163 e. The first-order valence-electron chi connectivity index (χ1n) is 7.12. The normalized spacial score (nSPS) is 18.5. The Morgan fingerprint density at radius 1 is 1.26 bits per heavy atom. The zero-order valence-electron chi connectivity index (χ0n) is 12.2. The van der Waals surface area contributed by atoms with Crippen molar-refractivity contribution < 1.29 is 5.11 Å². The van der Waals surface area contributed by atoms with Crippen molar-refractivity contribution >= 4 is 41.5 Å². The van der Waals surface area contributed by atoms with Crippen LogP contribution >= 0.6 is 24.2 Å². The van der Waals surface area contributed by atoms with E-state index in [0.717, 1.165) is 33.7 Å². The number of hydrogen-bond acceptors (Lipinski definition) is 7. The van der Waals surface area contributed by atoms with Crippen molar-refractivity contribution in [3.63, 3.8) is 0 Å². The van der Waals surface area contributed by atoms with Gasteiger partial charge in [0.1, 0.15) is 10.9 Å². The topological polar surface area (TPSA) is 82.4 Å². The molecule has 23 heavy (non-hydrogen) atoms.